The summed E-state index contributed by atoms with van der Waals surface area (Å²) in [6.07, 6.45) is 4.68. The maximum Gasteiger partial charge on any atom is 0.211 e. The molecule has 2 N–H and O–H groups in total. The molecule has 0 aliphatic carbocycles. The molecule has 6 heteroatoms. The Morgan fingerprint density at radius 3 is 2.43 bits per heavy atom. The normalized spacial score (nSPS) is 18.5. The Balaban J connectivity index is 2.18. The van der Waals surface area contributed by atoms with Gasteiger partial charge in [-0.25, -0.2) is 13.1 Å². The van der Waals surface area contributed by atoms with E-state index in [-0.39, 0.29) is 11.8 Å². The third kappa shape index (κ3) is 8.76. The summed E-state index contributed by atoms with van der Waals surface area (Å²) in [5.41, 5.74) is 0. The summed E-state index contributed by atoms with van der Waals surface area (Å²) in [5.74, 6) is 0.252. The van der Waals surface area contributed by atoms with E-state index in [1.165, 1.54) is 6.42 Å². The molecule has 1 aliphatic heterocycles. The number of unbranched alkanes of at least 4 members (excludes halogenated alkanes) is 1. The summed E-state index contributed by atoms with van der Waals surface area (Å²) in [6.45, 7) is 10.4. The van der Waals surface area contributed by atoms with Crippen LogP contribution in [-0.4, -0.2) is 57.3 Å². The Morgan fingerprint density at radius 2 is 1.86 bits per heavy atom. The van der Waals surface area contributed by atoms with Crippen LogP contribution < -0.4 is 10.0 Å². The van der Waals surface area contributed by atoms with Gasteiger partial charge in [-0.3, -0.25) is 0 Å². The highest BCUT2D eigenvalue weighted by molar-refractivity contribution is 7.89. The topological polar surface area (TPSA) is 61.4 Å². The fourth-order valence-corrected chi connectivity index (χ4v) is 4.16. The van der Waals surface area contributed by atoms with Crippen LogP contribution in [0.3, 0.4) is 0 Å². The molecule has 126 valence electrons. The zero-order valence-electron chi connectivity index (χ0n) is 13.9. The van der Waals surface area contributed by atoms with Gasteiger partial charge in [0, 0.05) is 12.1 Å². The molecule has 0 atom stereocenters. The molecule has 5 nitrogen and oxygen atoms in total. The fraction of sp³-hybridized carbons (Fsp3) is 1.00. The lowest BCUT2D eigenvalue weighted by Gasteiger charge is -2.31. The first kappa shape index (κ1) is 18.9. The smallest absolute Gasteiger partial charge is 0.211 e. The van der Waals surface area contributed by atoms with Crippen molar-refractivity contribution in [3.05, 3.63) is 0 Å². The number of rotatable bonds is 10. The number of sulfonamides is 1. The summed E-state index contributed by atoms with van der Waals surface area (Å²) in [6, 6.07) is 0.602. The van der Waals surface area contributed by atoms with Crippen molar-refractivity contribution in [1.29, 1.82) is 0 Å². The first-order valence-corrected chi connectivity index (χ1v) is 10.0. The molecule has 1 rings (SSSR count). The summed E-state index contributed by atoms with van der Waals surface area (Å²) in [5, 5.41) is 3.31. The van der Waals surface area contributed by atoms with Crippen molar-refractivity contribution in [2.24, 2.45) is 0 Å². The van der Waals surface area contributed by atoms with E-state index in [2.05, 4.69) is 35.7 Å². The van der Waals surface area contributed by atoms with E-state index in [4.69, 9.17) is 0 Å². The van der Waals surface area contributed by atoms with Crippen LogP contribution in [0.15, 0.2) is 0 Å². The van der Waals surface area contributed by atoms with Gasteiger partial charge < -0.3 is 10.2 Å². The molecule has 0 aromatic carbocycles. The van der Waals surface area contributed by atoms with Gasteiger partial charge in [0.15, 0.2) is 0 Å². The van der Waals surface area contributed by atoms with E-state index in [9.17, 15) is 8.42 Å². The predicted octanol–water partition coefficient (Wildman–Crippen LogP) is 1.56. The molecule has 0 aromatic heterocycles. The van der Waals surface area contributed by atoms with Crippen LogP contribution in [0, 0.1) is 0 Å². The Labute approximate surface area is 130 Å². The average Bonchev–Trinajstić information content (AvgIpc) is 2.40. The first-order valence-electron chi connectivity index (χ1n) is 8.38. The lowest BCUT2D eigenvalue weighted by Crippen LogP contribution is -2.45. The molecule has 1 fully saturated rings. The summed E-state index contributed by atoms with van der Waals surface area (Å²) < 4.78 is 27.0. The van der Waals surface area contributed by atoms with E-state index >= 15 is 0 Å². The Kier molecular flexibility index (Phi) is 8.78. The van der Waals surface area contributed by atoms with Crippen molar-refractivity contribution in [2.45, 2.75) is 65.0 Å². The summed E-state index contributed by atoms with van der Waals surface area (Å²) in [7, 11) is -3.11. The Bertz CT molecular complexity index is 363. The number of hydrogen-bond donors (Lipinski definition) is 2. The third-order valence-electron chi connectivity index (χ3n) is 3.87. The molecule has 0 aromatic rings. The number of nitrogens with zero attached hydrogens (tertiary/aromatic N) is 1. The van der Waals surface area contributed by atoms with Crippen LogP contribution in [0.2, 0.25) is 0 Å². The monoisotopic (exact) mass is 319 g/mol. The van der Waals surface area contributed by atoms with Crippen LogP contribution in [0.25, 0.3) is 0 Å². The molecule has 1 heterocycles. The standard InChI is InChI=1S/C15H33N3O2S/c1-4-10-18-11-7-15(8-12-18)17-21(19,20)13-6-5-9-16-14(2)3/h14-17H,4-13H2,1-3H3. The molecule has 1 saturated heterocycles. The molecule has 0 amide bonds. The van der Waals surface area contributed by atoms with Crippen LogP contribution in [-0.2, 0) is 10.0 Å². The molecule has 21 heavy (non-hydrogen) atoms. The molecule has 0 unspecified atom stereocenters. The maximum absolute atomic E-state index is 12.1. The van der Waals surface area contributed by atoms with Crippen LogP contribution in [0.5, 0.6) is 0 Å². The predicted molar refractivity (Wildman–Crippen MR) is 89.0 cm³/mol. The summed E-state index contributed by atoms with van der Waals surface area (Å²) >= 11 is 0. The second kappa shape index (κ2) is 9.77. The zero-order chi connectivity index (χ0) is 15.7. The minimum atomic E-state index is -3.11. The number of nitrogens with one attached hydrogen (secondary N) is 2. The van der Waals surface area contributed by atoms with Crippen molar-refractivity contribution in [2.75, 3.05) is 31.9 Å². The Morgan fingerprint density at radius 1 is 1.19 bits per heavy atom. The third-order valence-corrected chi connectivity index (χ3v) is 5.38. The average molecular weight is 320 g/mol. The lowest BCUT2D eigenvalue weighted by molar-refractivity contribution is 0.208. The van der Waals surface area contributed by atoms with Gasteiger partial charge in [0.25, 0.3) is 0 Å². The second-order valence-corrected chi connectivity index (χ2v) is 8.24. The van der Waals surface area contributed by atoms with Crippen LogP contribution in [0.1, 0.15) is 52.9 Å². The van der Waals surface area contributed by atoms with E-state index in [0.717, 1.165) is 51.9 Å². The van der Waals surface area contributed by atoms with Gasteiger partial charge in [-0.1, -0.05) is 20.8 Å². The van der Waals surface area contributed by atoms with Gasteiger partial charge in [-0.05, 0) is 58.3 Å². The van der Waals surface area contributed by atoms with E-state index < -0.39 is 10.0 Å². The molecule has 0 saturated carbocycles. The highest BCUT2D eigenvalue weighted by Crippen LogP contribution is 2.12. The minimum Gasteiger partial charge on any atom is -0.315 e. The molecule has 0 bridgehead atoms. The van der Waals surface area contributed by atoms with Crippen molar-refractivity contribution in [1.82, 2.24) is 14.9 Å². The number of piperidine rings is 1. The van der Waals surface area contributed by atoms with Crippen LogP contribution >= 0.6 is 0 Å². The lowest BCUT2D eigenvalue weighted by atomic mass is 10.1. The highest BCUT2D eigenvalue weighted by atomic mass is 32.2. The zero-order valence-corrected chi connectivity index (χ0v) is 14.7. The van der Waals surface area contributed by atoms with Crippen molar-refractivity contribution in [3.63, 3.8) is 0 Å². The van der Waals surface area contributed by atoms with Gasteiger partial charge >= 0.3 is 0 Å². The van der Waals surface area contributed by atoms with E-state index in [1.807, 2.05) is 0 Å². The van der Waals surface area contributed by atoms with Gasteiger partial charge in [0.1, 0.15) is 0 Å². The second-order valence-electron chi connectivity index (χ2n) is 6.37. The molecule has 1 aliphatic rings. The number of likely N-dealkylation sites (tertiary alicyclic amines) is 1. The Hall–Kier alpha value is -0.170. The van der Waals surface area contributed by atoms with Crippen molar-refractivity contribution in [3.8, 4) is 0 Å². The quantitative estimate of drug-likeness (QED) is 0.600. The number of hydrogen-bond acceptors (Lipinski definition) is 4. The SMILES string of the molecule is CCCN1CCC(NS(=O)(=O)CCCCNC(C)C)CC1. The molecule has 0 spiro atoms. The van der Waals surface area contributed by atoms with Gasteiger partial charge in [-0.15, -0.1) is 0 Å². The largest absolute Gasteiger partial charge is 0.315 e. The van der Waals surface area contributed by atoms with Gasteiger partial charge in [0.2, 0.25) is 10.0 Å². The van der Waals surface area contributed by atoms with E-state index in [1.54, 1.807) is 0 Å². The van der Waals surface area contributed by atoms with Crippen LogP contribution in [0.4, 0.5) is 0 Å². The molecular formula is C15H33N3O2S. The maximum atomic E-state index is 12.1. The highest BCUT2D eigenvalue weighted by Gasteiger charge is 2.22. The van der Waals surface area contributed by atoms with Gasteiger partial charge in [0.05, 0.1) is 5.75 Å². The first-order chi connectivity index (χ1) is 9.93. The van der Waals surface area contributed by atoms with Gasteiger partial charge in [-0.2, -0.15) is 0 Å². The fourth-order valence-electron chi connectivity index (χ4n) is 2.71. The molecule has 0 radical (unpaired) electrons. The van der Waals surface area contributed by atoms with Crippen molar-refractivity contribution < 1.29 is 8.42 Å². The minimum absolute atomic E-state index is 0.136. The summed E-state index contributed by atoms with van der Waals surface area (Å²) in [4.78, 5) is 2.42. The van der Waals surface area contributed by atoms with E-state index in [0.29, 0.717) is 6.04 Å². The molecular weight excluding hydrogens is 286 g/mol. The van der Waals surface area contributed by atoms with Crippen molar-refractivity contribution >= 4 is 10.0 Å².